The lowest BCUT2D eigenvalue weighted by Crippen LogP contribution is -2.43. The fourth-order valence-corrected chi connectivity index (χ4v) is 2.98. The van der Waals surface area contributed by atoms with Gasteiger partial charge in [0.1, 0.15) is 5.76 Å². The first-order valence-electron chi connectivity index (χ1n) is 8.14. The van der Waals surface area contributed by atoms with Crippen molar-refractivity contribution in [3.63, 3.8) is 0 Å². The van der Waals surface area contributed by atoms with Crippen molar-refractivity contribution in [2.24, 2.45) is 11.8 Å². The Kier molecular flexibility index (Phi) is 6.04. The molecule has 0 bridgehead atoms. The summed E-state index contributed by atoms with van der Waals surface area (Å²) in [4.78, 5) is 23.7. The molecule has 0 saturated heterocycles. The van der Waals surface area contributed by atoms with Gasteiger partial charge in [-0.1, -0.05) is 26.7 Å². The monoisotopic (exact) mass is 306 g/mol. The van der Waals surface area contributed by atoms with Crippen molar-refractivity contribution >= 4 is 11.8 Å². The van der Waals surface area contributed by atoms with Gasteiger partial charge in [0, 0.05) is 18.9 Å². The fourth-order valence-electron chi connectivity index (χ4n) is 2.98. The molecule has 22 heavy (non-hydrogen) atoms. The number of rotatable bonds is 6. The zero-order valence-corrected chi connectivity index (χ0v) is 13.4. The van der Waals surface area contributed by atoms with Crippen LogP contribution in [0.2, 0.25) is 0 Å². The van der Waals surface area contributed by atoms with Crippen LogP contribution >= 0.6 is 0 Å². The predicted octanol–water partition coefficient (Wildman–Crippen LogP) is 2.62. The van der Waals surface area contributed by atoms with Gasteiger partial charge in [0.15, 0.2) is 0 Å². The van der Waals surface area contributed by atoms with E-state index in [1.54, 1.807) is 18.4 Å². The van der Waals surface area contributed by atoms with Gasteiger partial charge in [0.2, 0.25) is 11.8 Å². The lowest BCUT2D eigenvalue weighted by molar-refractivity contribution is -0.127. The van der Waals surface area contributed by atoms with Gasteiger partial charge in [0.05, 0.1) is 12.8 Å². The highest BCUT2D eigenvalue weighted by atomic mass is 16.3. The molecule has 1 aliphatic rings. The maximum Gasteiger partial charge on any atom is 0.220 e. The average molecular weight is 306 g/mol. The Hall–Kier alpha value is -1.78. The summed E-state index contributed by atoms with van der Waals surface area (Å²) in [6.07, 6.45) is 5.47. The first kappa shape index (κ1) is 16.6. The minimum Gasteiger partial charge on any atom is -0.467 e. The second-order valence-electron chi connectivity index (χ2n) is 6.30. The fraction of sp³-hybridized carbons (Fsp3) is 0.647. The molecule has 122 valence electrons. The van der Waals surface area contributed by atoms with Crippen molar-refractivity contribution in [1.29, 1.82) is 0 Å². The first-order chi connectivity index (χ1) is 10.6. The zero-order valence-electron chi connectivity index (χ0n) is 13.4. The molecule has 5 nitrogen and oxygen atoms in total. The summed E-state index contributed by atoms with van der Waals surface area (Å²) in [5, 5.41) is 5.83. The quantitative estimate of drug-likeness (QED) is 0.848. The van der Waals surface area contributed by atoms with E-state index in [0.717, 1.165) is 6.42 Å². The molecule has 2 N–H and O–H groups in total. The minimum absolute atomic E-state index is 0.0286. The Morgan fingerprint density at radius 1 is 1.23 bits per heavy atom. The number of carbonyl (C=O) groups is 2. The van der Waals surface area contributed by atoms with Crippen LogP contribution in [0.4, 0.5) is 0 Å². The van der Waals surface area contributed by atoms with Gasteiger partial charge >= 0.3 is 0 Å². The SMILES string of the molecule is C[C@@H]1[C@H](C)CCC[C@H]1NC(=O)CCC(=O)NCc1ccco1. The molecule has 1 saturated carbocycles. The Bertz CT molecular complexity index is 484. The van der Waals surface area contributed by atoms with Gasteiger partial charge in [-0.3, -0.25) is 9.59 Å². The largest absolute Gasteiger partial charge is 0.467 e. The van der Waals surface area contributed by atoms with Crippen LogP contribution in [-0.2, 0) is 16.1 Å². The van der Waals surface area contributed by atoms with Gasteiger partial charge < -0.3 is 15.1 Å². The molecule has 5 heteroatoms. The number of hydrogen-bond acceptors (Lipinski definition) is 3. The molecular weight excluding hydrogens is 280 g/mol. The second kappa shape index (κ2) is 8.01. The summed E-state index contributed by atoms with van der Waals surface area (Å²) >= 11 is 0. The van der Waals surface area contributed by atoms with Crippen LogP contribution in [0.3, 0.4) is 0 Å². The van der Waals surface area contributed by atoms with Crippen LogP contribution in [0.1, 0.15) is 51.7 Å². The van der Waals surface area contributed by atoms with Crippen molar-refractivity contribution in [3.8, 4) is 0 Å². The zero-order chi connectivity index (χ0) is 15.9. The number of carbonyl (C=O) groups excluding carboxylic acids is 2. The molecule has 0 unspecified atom stereocenters. The van der Waals surface area contributed by atoms with Crippen LogP contribution in [0, 0.1) is 11.8 Å². The van der Waals surface area contributed by atoms with Gasteiger partial charge in [-0.05, 0) is 30.4 Å². The normalized spacial score (nSPS) is 24.7. The summed E-state index contributed by atoms with van der Waals surface area (Å²) in [5.41, 5.74) is 0. The topological polar surface area (TPSA) is 71.3 Å². The molecule has 0 aliphatic heterocycles. The lowest BCUT2D eigenvalue weighted by atomic mass is 9.78. The third-order valence-electron chi connectivity index (χ3n) is 4.67. The molecule has 1 heterocycles. The third-order valence-corrected chi connectivity index (χ3v) is 4.67. The van der Waals surface area contributed by atoms with Gasteiger partial charge in [-0.2, -0.15) is 0 Å². The van der Waals surface area contributed by atoms with E-state index < -0.39 is 0 Å². The van der Waals surface area contributed by atoms with E-state index in [-0.39, 0.29) is 30.7 Å². The van der Waals surface area contributed by atoms with E-state index in [4.69, 9.17) is 4.42 Å². The van der Waals surface area contributed by atoms with Crippen molar-refractivity contribution in [3.05, 3.63) is 24.2 Å². The maximum absolute atomic E-state index is 12.0. The summed E-state index contributed by atoms with van der Waals surface area (Å²) in [6, 6.07) is 3.84. The maximum atomic E-state index is 12.0. The van der Waals surface area contributed by atoms with E-state index in [0.29, 0.717) is 24.1 Å². The van der Waals surface area contributed by atoms with Gasteiger partial charge in [-0.25, -0.2) is 0 Å². The highest BCUT2D eigenvalue weighted by Gasteiger charge is 2.28. The van der Waals surface area contributed by atoms with E-state index >= 15 is 0 Å². The van der Waals surface area contributed by atoms with Crippen molar-refractivity contribution < 1.29 is 14.0 Å². The molecule has 2 rings (SSSR count). The molecule has 3 atom stereocenters. The lowest BCUT2D eigenvalue weighted by Gasteiger charge is -2.34. The Morgan fingerprint density at radius 3 is 2.73 bits per heavy atom. The predicted molar refractivity (Wildman–Crippen MR) is 83.9 cm³/mol. The van der Waals surface area contributed by atoms with E-state index in [1.807, 2.05) is 0 Å². The van der Waals surface area contributed by atoms with E-state index in [9.17, 15) is 9.59 Å². The van der Waals surface area contributed by atoms with Crippen molar-refractivity contribution in [2.45, 2.75) is 58.5 Å². The first-order valence-corrected chi connectivity index (χ1v) is 8.14. The average Bonchev–Trinajstić information content (AvgIpc) is 3.01. The van der Waals surface area contributed by atoms with Crippen molar-refractivity contribution in [1.82, 2.24) is 10.6 Å². The molecule has 0 radical (unpaired) electrons. The molecule has 0 aromatic carbocycles. The highest BCUT2D eigenvalue weighted by molar-refractivity contribution is 5.83. The van der Waals surface area contributed by atoms with Crippen LogP contribution in [0.15, 0.2) is 22.8 Å². The molecule has 1 fully saturated rings. The third kappa shape index (κ3) is 4.90. The van der Waals surface area contributed by atoms with E-state index in [2.05, 4.69) is 24.5 Å². The molecule has 1 aromatic rings. The number of hydrogen-bond donors (Lipinski definition) is 2. The second-order valence-corrected chi connectivity index (χ2v) is 6.30. The molecule has 1 aliphatic carbocycles. The van der Waals surface area contributed by atoms with Crippen LogP contribution in [0.25, 0.3) is 0 Å². The Balaban J connectivity index is 1.65. The van der Waals surface area contributed by atoms with Crippen LogP contribution < -0.4 is 10.6 Å². The number of nitrogens with one attached hydrogen (secondary N) is 2. The minimum atomic E-state index is -0.128. The number of furan rings is 1. The molecule has 0 spiro atoms. The van der Waals surface area contributed by atoms with Crippen molar-refractivity contribution in [2.75, 3.05) is 0 Å². The van der Waals surface area contributed by atoms with Crippen LogP contribution in [-0.4, -0.2) is 17.9 Å². The molecule has 1 aromatic heterocycles. The smallest absolute Gasteiger partial charge is 0.220 e. The van der Waals surface area contributed by atoms with E-state index in [1.165, 1.54) is 12.8 Å². The summed E-state index contributed by atoms with van der Waals surface area (Å²) < 4.78 is 5.14. The van der Waals surface area contributed by atoms with Gasteiger partial charge in [0.25, 0.3) is 0 Å². The standard InChI is InChI=1S/C17H26N2O3/c1-12-5-3-7-15(13(12)2)19-17(21)9-8-16(20)18-11-14-6-4-10-22-14/h4,6,10,12-13,15H,3,5,7-9,11H2,1-2H3,(H,18,20)(H,19,21)/t12-,13-,15-/m1/s1. The number of amides is 2. The van der Waals surface area contributed by atoms with Gasteiger partial charge in [-0.15, -0.1) is 0 Å². The highest BCUT2D eigenvalue weighted by Crippen LogP contribution is 2.29. The molecular formula is C17H26N2O3. The Morgan fingerprint density at radius 2 is 2.00 bits per heavy atom. The summed E-state index contributed by atoms with van der Waals surface area (Å²) in [5.74, 6) is 1.71. The Labute approximate surface area is 131 Å². The molecule has 2 amide bonds. The van der Waals surface area contributed by atoms with Crippen LogP contribution in [0.5, 0.6) is 0 Å². The summed E-state index contributed by atoms with van der Waals surface area (Å²) in [6.45, 7) is 4.81. The summed E-state index contributed by atoms with van der Waals surface area (Å²) in [7, 11) is 0.